The minimum Gasteiger partial charge on any atom is -0.495 e. The zero-order chi connectivity index (χ0) is 22.1. The number of benzene rings is 2. The monoisotopic (exact) mass is 448 g/mol. The highest BCUT2D eigenvalue weighted by Gasteiger charge is 2.18. The molecule has 0 unspecified atom stereocenters. The molecule has 0 spiro atoms. The van der Waals surface area contributed by atoms with E-state index in [9.17, 15) is 4.79 Å². The number of hydrogen-bond acceptors (Lipinski definition) is 7. The zero-order valence-electron chi connectivity index (χ0n) is 17.5. The van der Waals surface area contributed by atoms with Crippen molar-refractivity contribution in [2.75, 3.05) is 18.2 Å². The van der Waals surface area contributed by atoms with Crippen LogP contribution in [0.15, 0.2) is 68.8 Å². The summed E-state index contributed by atoms with van der Waals surface area (Å²) >= 11 is 1.31. The Morgan fingerprint density at radius 2 is 2.00 bits per heavy atom. The van der Waals surface area contributed by atoms with E-state index in [2.05, 4.69) is 15.5 Å². The first kappa shape index (κ1) is 20.2. The average molecular weight is 449 g/mol. The first-order valence-electron chi connectivity index (χ1n) is 10.1. The van der Waals surface area contributed by atoms with Crippen molar-refractivity contribution >= 4 is 45.3 Å². The van der Waals surface area contributed by atoms with Gasteiger partial charge in [0.15, 0.2) is 16.7 Å². The minimum absolute atomic E-state index is 0.164. The molecule has 3 aromatic heterocycles. The zero-order valence-corrected chi connectivity index (χ0v) is 18.3. The topological polar surface area (TPSA) is 95.3 Å². The Bertz CT molecular complexity index is 1400. The van der Waals surface area contributed by atoms with Gasteiger partial charge >= 0.3 is 0 Å². The molecule has 32 heavy (non-hydrogen) atoms. The van der Waals surface area contributed by atoms with Crippen LogP contribution in [0.3, 0.4) is 0 Å². The number of rotatable bonds is 7. The molecule has 0 saturated heterocycles. The van der Waals surface area contributed by atoms with Gasteiger partial charge in [-0.05, 0) is 31.2 Å². The van der Waals surface area contributed by atoms with Crippen molar-refractivity contribution in [3.8, 4) is 17.3 Å². The molecule has 0 aliphatic carbocycles. The molecule has 0 bridgehead atoms. The van der Waals surface area contributed by atoms with Crippen molar-refractivity contribution in [1.82, 2.24) is 14.8 Å². The van der Waals surface area contributed by atoms with Gasteiger partial charge in [-0.3, -0.25) is 9.36 Å². The molecule has 0 radical (unpaired) electrons. The van der Waals surface area contributed by atoms with Crippen molar-refractivity contribution in [2.45, 2.75) is 18.6 Å². The van der Waals surface area contributed by atoms with Gasteiger partial charge in [-0.1, -0.05) is 30.0 Å². The van der Waals surface area contributed by atoms with Gasteiger partial charge in [0.1, 0.15) is 16.9 Å². The molecule has 0 aliphatic rings. The average Bonchev–Trinajstić information content (AvgIpc) is 3.54. The maximum atomic E-state index is 12.7. The molecular weight excluding hydrogens is 428 g/mol. The Kier molecular flexibility index (Phi) is 5.32. The Balaban J connectivity index is 1.35. The van der Waals surface area contributed by atoms with E-state index in [0.717, 1.165) is 16.4 Å². The molecular formula is C23H20N4O4S. The van der Waals surface area contributed by atoms with E-state index in [0.29, 0.717) is 40.3 Å². The normalized spacial score (nSPS) is 11.3. The Morgan fingerprint density at radius 1 is 1.12 bits per heavy atom. The summed E-state index contributed by atoms with van der Waals surface area (Å²) in [5, 5.41) is 13.9. The molecule has 1 amide bonds. The number of hydrogen-bond donors (Lipinski definition) is 1. The van der Waals surface area contributed by atoms with E-state index in [4.69, 9.17) is 13.6 Å². The molecule has 3 heterocycles. The summed E-state index contributed by atoms with van der Waals surface area (Å²) in [4.78, 5) is 12.7. The van der Waals surface area contributed by atoms with E-state index < -0.39 is 0 Å². The second-order valence-electron chi connectivity index (χ2n) is 7.01. The number of carbonyl (C=O) groups is 1. The summed E-state index contributed by atoms with van der Waals surface area (Å²) in [6.07, 6.45) is 1.59. The van der Waals surface area contributed by atoms with Crippen molar-refractivity contribution in [2.24, 2.45) is 0 Å². The van der Waals surface area contributed by atoms with Crippen LogP contribution in [0.2, 0.25) is 0 Å². The molecule has 0 fully saturated rings. The van der Waals surface area contributed by atoms with Crippen LogP contribution in [-0.4, -0.2) is 33.5 Å². The molecule has 0 saturated carbocycles. The molecule has 162 valence electrons. The summed E-state index contributed by atoms with van der Waals surface area (Å²) in [6.45, 7) is 2.65. The lowest BCUT2D eigenvalue weighted by molar-refractivity contribution is -0.113. The lowest BCUT2D eigenvalue weighted by Crippen LogP contribution is -2.15. The third-order valence-electron chi connectivity index (χ3n) is 5.08. The van der Waals surface area contributed by atoms with Crippen molar-refractivity contribution in [3.05, 3.63) is 54.8 Å². The molecule has 0 atom stereocenters. The van der Waals surface area contributed by atoms with E-state index >= 15 is 0 Å². The highest BCUT2D eigenvalue weighted by molar-refractivity contribution is 7.99. The van der Waals surface area contributed by atoms with E-state index in [1.807, 2.05) is 47.9 Å². The molecule has 9 heteroatoms. The number of ether oxygens (including phenoxy) is 1. The number of anilines is 1. The molecule has 2 aromatic carbocycles. The van der Waals surface area contributed by atoms with Crippen LogP contribution < -0.4 is 10.1 Å². The molecule has 8 nitrogen and oxygen atoms in total. The summed E-state index contributed by atoms with van der Waals surface area (Å²) in [6, 6.07) is 15.1. The van der Waals surface area contributed by atoms with Gasteiger partial charge in [0, 0.05) is 23.4 Å². The van der Waals surface area contributed by atoms with E-state index in [1.54, 1.807) is 25.5 Å². The molecule has 1 N–H and O–H groups in total. The Hall–Kier alpha value is -3.72. The number of para-hydroxylation sites is 1. The van der Waals surface area contributed by atoms with E-state index in [-0.39, 0.29) is 11.7 Å². The lowest BCUT2D eigenvalue weighted by atomic mass is 10.1. The van der Waals surface area contributed by atoms with Gasteiger partial charge in [0.05, 0.1) is 24.8 Å². The maximum Gasteiger partial charge on any atom is 0.234 e. The lowest BCUT2D eigenvalue weighted by Gasteiger charge is -2.10. The van der Waals surface area contributed by atoms with Gasteiger partial charge in [0.2, 0.25) is 5.91 Å². The largest absolute Gasteiger partial charge is 0.495 e. The quantitative estimate of drug-likeness (QED) is 0.342. The minimum atomic E-state index is -0.186. The highest BCUT2D eigenvalue weighted by Crippen LogP contribution is 2.36. The van der Waals surface area contributed by atoms with Crippen molar-refractivity contribution < 1.29 is 18.4 Å². The van der Waals surface area contributed by atoms with Crippen LogP contribution in [0.5, 0.6) is 5.75 Å². The number of carbonyl (C=O) groups excluding carboxylic acids is 1. The fourth-order valence-electron chi connectivity index (χ4n) is 3.60. The number of nitrogens with zero attached hydrogens (tertiary/aromatic N) is 3. The number of aromatic nitrogens is 3. The van der Waals surface area contributed by atoms with Gasteiger partial charge < -0.3 is 18.9 Å². The smallest absolute Gasteiger partial charge is 0.234 e. The molecule has 5 aromatic rings. The van der Waals surface area contributed by atoms with Crippen LogP contribution in [0.4, 0.5) is 5.69 Å². The van der Waals surface area contributed by atoms with Crippen LogP contribution in [-0.2, 0) is 11.3 Å². The maximum absolute atomic E-state index is 12.7. The third-order valence-corrected chi connectivity index (χ3v) is 6.05. The van der Waals surface area contributed by atoms with Crippen LogP contribution >= 0.6 is 11.8 Å². The summed E-state index contributed by atoms with van der Waals surface area (Å²) < 4.78 is 18.8. The van der Waals surface area contributed by atoms with Gasteiger partial charge in [-0.2, -0.15) is 0 Å². The SMILES string of the molecule is CCn1c(SCC(=O)Nc2cc3oc4ccccc4c3cc2OC)nnc1-c1ccco1. The van der Waals surface area contributed by atoms with Crippen LogP contribution in [0.1, 0.15) is 6.92 Å². The van der Waals surface area contributed by atoms with Gasteiger partial charge in [-0.15, -0.1) is 10.2 Å². The first-order valence-corrected chi connectivity index (χ1v) is 11.1. The summed E-state index contributed by atoms with van der Waals surface area (Å²) in [5.74, 6) is 1.82. The third kappa shape index (κ3) is 3.60. The Labute approximate surface area is 187 Å². The fourth-order valence-corrected chi connectivity index (χ4v) is 4.41. The Morgan fingerprint density at radius 3 is 2.78 bits per heavy atom. The number of thioether (sulfide) groups is 1. The number of nitrogens with one attached hydrogen (secondary N) is 1. The number of fused-ring (bicyclic) bond motifs is 3. The predicted octanol–water partition coefficient (Wildman–Crippen LogP) is 5.20. The van der Waals surface area contributed by atoms with Crippen LogP contribution in [0.25, 0.3) is 33.5 Å². The number of furan rings is 2. The van der Waals surface area contributed by atoms with E-state index in [1.165, 1.54) is 11.8 Å². The second kappa shape index (κ2) is 8.43. The summed E-state index contributed by atoms with van der Waals surface area (Å²) in [5.41, 5.74) is 2.02. The van der Waals surface area contributed by atoms with Crippen molar-refractivity contribution in [1.29, 1.82) is 0 Å². The molecule has 5 rings (SSSR count). The first-order chi connectivity index (χ1) is 15.7. The highest BCUT2D eigenvalue weighted by atomic mass is 32.2. The van der Waals surface area contributed by atoms with Gasteiger partial charge in [-0.25, -0.2) is 0 Å². The number of amides is 1. The van der Waals surface area contributed by atoms with Crippen molar-refractivity contribution in [3.63, 3.8) is 0 Å². The summed E-state index contributed by atoms with van der Waals surface area (Å²) in [7, 11) is 1.58. The predicted molar refractivity (Wildman–Crippen MR) is 123 cm³/mol. The van der Waals surface area contributed by atoms with Crippen LogP contribution in [0, 0.1) is 0 Å². The second-order valence-corrected chi connectivity index (χ2v) is 7.95. The molecule has 0 aliphatic heterocycles. The van der Waals surface area contributed by atoms with Gasteiger partial charge in [0.25, 0.3) is 0 Å². The standard InChI is InChI=1S/C23H20N4O4S/c1-3-27-22(18-9-6-10-30-18)25-26-23(27)32-13-21(28)24-16-12-19-15(11-20(16)29-2)14-7-4-5-8-17(14)31-19/h4-12H,3,13H2,1-2H3,(H,24,28). The number of methoxy groups -OCH3 is 1. The fraction of sp³-hybridized carbons (Fsp3) is 0.174.